The van der Waals surface area contributed by atoms with Crippen molar-refractivity contribution in [2.75, 3.05) is 7.11 Å². The van der Waals surface area contributed by atoms with E-state index in [1.165, 1.54) is 0 Å². The molecular weight excluding hydrogens is 342 g/mol. The van der Waals surface area contributed by atoms with Crippen LogP contribution in [0.5, 0.6) is 0 Å². The molecular formula is C18H20BrNO2. The Morgan fingerprint density at radius 1 is 1.14 bits per heavy atom. The monoisotopic (exact) mass is 361 g/mol. The summed E-state index contributed by atoms with van der Waals surface area (Å²) >= 11 is 3.44. The Balaban J connectivity index is 1.83. The number of halogens is 1. The Morgan fingerprint density at radius 3 is 2.64 bits per heavy atom. The Morgan fingerprint density at radius 2 is 1.91 bits per heavy atom. The van der Waals surface area contributed by atoms with Crippen LogP contribution in [0.15, 0.2) is 53.0 Å². The lowest BCUT2D eigenvalue weighted by atomic mass is 10.1. The number of rotatable bonds is 7. The lowest BCUT2D eigenvalue weighted by Crippen LogP contribution is -2.23. The van der Waals surface area contributed by atoms with Crippen LogP contribution in [0.1, 0.15) is 23.1 Å². The number of nitrogens with one attached hydrogen (secondary N) is 1. The molecule has 0 aliphatic heterocycles. The van der Waals surface area contributed by atoms with E-state index in [1.54, 1.807) is 7.11 Å². The average molecular weight is 362 g/mol. The van der Waals surface area contributed by atoms with Crippen molar-refractivity contribution in [2.24, 2.45) is 0 Å². The van der Waals surface area contributed by atoms with Crippen LogP contribution in [0.2, 0.25) is 0 Å². The summed E-state index contributed by atoms with van der Waals surface area (Å²) in [5, 5.41) is 2.98. The number of hydrogen-bond donors (Lipinski definition) is 1. The van der Waals surface area contributed by atoms with Gasteiger partial charge < -0.3 is 10.1 Å². The minimum Gasteiger partial charge on any atom is -0.380 e. The first kappa shape index (κ1) is 16.7. The van der Waals surface area contributed by atoms with Gasteiger partial charge in [0.25, 0.3) is 0 Å². The number of carbonyl (C=O) groups excluding carboxylic acids is 1. The molecule has 0 aromatic heterocycles. The van der Waals surface area contributed by atoms with Crippen molar-refractivity contribution < 1.29 is 9.53 Å². The maximum atomic E-state index is 12.0. The molecule has 0 unspecified atom stereocenters. The maximum Gasteiger partial charge on any atom is 0.220 e. The van der Waals surface area contributed by atoms with Gasteiger partial charge in [-0.15, -0.1) is 0 Å². The molecule has 2 aromatic rings. The molecule has 2 rings (SSSR count). The molecule has 116 valence electrons. The standard InChI is InChI=1S/C18H20BrNO2/c1-22-13-16-7-3-2-6-15(16)12-20-18(21)10-9-14-5-4-8-17(19)11-14/h2-8,11H,9-10,12-13H2,1H3,(H,20,21). The molecule has 1 amide bonds. The number of ether oxygens (including phenoxy) is 1. The van der Waals surface area contributed by atoms with Gasteiger partial charge in [0.05, 0.1) is 6.61 Å². The Hall–Kier alpha value is -1.65. The summed E-state index contributed by atoms with van der Waals surface area (Å²) in [5.41, 5.74) is 3.36. The molecule has 0 spiro atoms. The van der Waals surface area contributed by atoms with Gasteiger partial charge in [0.15, 0.2) is 0 Å². The molecule has 0 saturated carbocycles. The van der Waals surface area contributed by atoms with Crippen LogP contribution in [-0.2, 0) is 29.1 Å². The van der Waals surface area contributed by atoms with Crippen LogP contribution < -0.4 is 5.32 Å². The smallest absolute Gasteiger partial charge is 0.220 e. The Labute approximate surface area is 139 Å². The molecule has 3 nitrogen and oxygen atoms in total. The van der Waals surface area contributed by atoms with E-state index in [2.05, 4.69) is 21.2 Å². The lowest BCUT2D eigenvalue weighted by Gasteiger charge is -2.10. The molecule has 0 bridgehead atoms. The van der Waals surface area contributed by atoms with E-state index in [-0.39, 0.29) is 5.91 Å². The van der Waals surface area contributed by atoms with Crippen LogP contribution in [0.4, 0.5) is 0 Å². The van der Waals surface area contributed by atoms with E-state index in [4.69, 9.17) is 4.74 Å². The van der Waals surface area contributed by atoms with Crippen LogP contribution in [0, 0.1) is 0 Å². The SMILES string of the molecule is COCc1ccccc1CNC(=O)CCc1cccc(Br)c1. The third-order valence-corrected chi connectivity index (χ3v) is 3.92. The summed E-state index contributed by atoms with van der Waals surface area (Å²) in [6.45, 7) is 1.10. The molecule has 4 heteroatoms. The summed E-state index contributed by atoms with van der Waals surface area (Å²) in [6, 6.07) is 16.0. The molecule has 0 saturated heterocycles. The fraction of sp³-hybridized carbons (Fsp3) is 0.278. The van der Waals surface area contributed by atoms with Gasteiger partial charge in [-0.3, -0.25) is 4.79 Å². The summed E-state index contributed by atoms with van der Waals surface area (Å²) in [6.07, 6.45) is 1.23. The predicted molar refractivity (Wildman–Crippen MR) is 91.5 cm³/mol. The Bertz CT molecular complexity index is 628. The highest BCUT2D eigenvalue weighted by Gasteiger charge is 2.05. The van der Waals surface area contributed by atoms with Gasteiger partial charge in [-0.05, 0) is 35.2 Å². The van der Waals surface area contributed by atoms with Gasteiger partial charge in [0, 0.05) is 24.5 Å². The normalized spacial score (nSPS) is 10.5. The van der Waals surface area contributed by atoms with Crippen LogP contribution in [0.3, 0.4) is 0 Å². The van der Waals surface area contributed by atoms with Crippen molar-refractivity contribution in [3.8, 4) is 0 Å². The van der Waals surface area contributed by atoms with Gasteiger partial charge in [0.1, 0.15) is 0 Å². The van der Waals surface area contributed by atoms with Crippen LogP contribution >= 0.6 is 15.9 Å². The van der Waals surface area contributed by atoms with Crippen molar-refractivity contribution in [1.82, 2.24) is 5.32 Å². The molecule has 0 radical (unpaired) electrons. The first-order valence-corrected chi connectivity index (χ1v) is 8.05. The molecule has 0 heterocycles. The van der Waals surface area contributed by atoms with Gasteiger partial charge in [-0.1, -0.05) is 52.3 Å². The number of methoxy groups -OCH3 is 1. The summed E-state index contributed by atoms with van der Waals surface area (Å²) in [4.78, 5) is 12.0. The number of carbonyl (C=O) groups is 1. The lowest BCUT2D eigenvalue weighted by molar-refractivity contribution is -0.121. The fourth-order valence-corrected chi connectivity index (χ4v) is 2.71. The maximum absolute atomic E-state index is 12.0. The molecule has 1 N–H and O–H groups in total. The summed E-state index contributed by atoms with van der Waals surface area (Å²) in [5.74, 6) is 0.0622. The average Bonchev–Trinajstić information content (AvgIpc) is 2.52. The summed E-state index contributed by atoms with van der Waals surface area (Å²) < 4.78 is 6.22. The minimum atomic E-state index is 0.0622. The van der Waals surface area contributed by atoms with E-state index in [9.17, 15) is 4.79 Å². The zero-order valence-electron chi connectivity index (χ0n) is 12.6. The van der Waals surface area contributed by atoms with E-state index in [0.717, 1.165) is 27.6 Å². The van der Waals surface area contributed by atoms with Gasteiger partial charge in [-0.25, -0.2) is 0 Å². The van der Waals surface area contributed by atoms with Crippen LogP contribution in [-0.4, -0.2) is 13.0 Å². The van der Waals surface area contributed by atoms with Gasteiger partial charge >= 0.3 is 0 Å². The number of hydrogen-bond acceptors (Lipinski definition) is 2. The van der Waals surface area contributed by atoms with Crippen molar-refractivity contribution in [1.29, 1.82) is 0 Å². The zero-order chi connectivity index (χ0) is 15.8. The van der Waals surface area contributed by atoms with E-state index in [1.807, 2.05) is 48.5 Å². The van der Waals surface area contributed by atoms with Gasteiger partial charge in [-0.2, -0.15) is 0 Å². The van der Waals surface area contributed by atoms with Crippen molar-refractivity contribution in [3.63, 3.8) is 0 Å². The molecule has 0 atom stereocenters. The predicted octanol–water partition coefficient (Wildman–Crippen LogP) is 3.84. The second kappa shape index (κ2) is 8.71. The van der Waals surface area contributed by atoms with Gasteiger partial charge in [0.2, 0.25) is 5.91 Å². The largest absolute Gasteiger partial charge is 0.380 e. The Kier molecular flexibility index (Phi) is 6.62. The highest BCUT2D eigenvalue weighted by Crippen LogP contribution is 2.13. The molecule has 2 aromatic carbocycles. The number of aryl methyl sites for hydroxylation is 1. The second-order valence-corrected chi connectivity index (χ2v) is 6.02. The highest BCUT2D eigenvalue weighted by atomic mass is 79.9. The van der Waals surface area contributed by atoms with Crippen molar-refractivity contribution >= 4 is 21.8 Å². The van der Waals surface area contributed by atoms with Crippen molar-refractivity contribution in [2.45, 2.75) is 26.0 Å². The molecule has 0 aliphatic rings. The first-order chi connectivity index (χ1) is 10.7. The first-order valence-electron chi connectivity index (χ1n) is 7.26. The van der Waals surface area contributed by atoms with E-state index < -0.39 is 0 Å². The fourth-order valence-electron chi connectivity index (χ4n) is 2.26. The topological polar surface area (TPSA) is 38.3 Å². The molecule has 22 heavy (non-hydrogen) atoms. The van der Waals surface area contributed by atoms with Crippen LogP contribution in [0.25, 0.3) is 0 Å². The second-order valence-electron chi connectivity index (χ2n) is 5.11. The zero-order valence-corrected chi connectivity index (χ0v) is 14.2. The number of benzene rings is 2. The minimum absolute atomic E-state index is 0.0622. The van der Waals surface area contributed by atoms with E-state index in [0.29, 0.717) is 19.6 Å². The molecule has 0 fully saturated rings. The third-order valence-electron chi connectivity index (χ3n) is 3.42. The van der Waals surface area contributed by atoms with E-state index >= 15 is 0 Å². The highest BCUT2D eigenvalue weighted by molar-refractivity contribution is 9.10. The molecule has 0 aliphatic carbocycles. The third kappa shape index (κ3) is 5.28. The number of amides is 1. The quantitative estimate of drug-likeness (QED) is 0.813. The van der Waals surface area contributed by atoms with Crippen molar-refractivity contribution in [3.05, 3.63) is 69.7 Å². The summed E-state index contributed by atoms with van der Waals surface area (Å²) in [7, 11) is 1.67.